The molecular formula is C54H46O27. The zero-order chi connectivity index (χ0) is 60.2. The van der Waals surface area contributed by atoms with Gasteiger partial charge in [0.15, 0.2) is 34.5 Å². The lowest BCUT2D eigenvalue weighted by molar-refractivity contribution is -0.133. The van der Waals surface area contributed by atoms with Crippen molar-refractivity contribution in [2.45, 2.75) is 83.1 Å². The van der Waals surface area contributed by atoms with E-state index in [0.717, 1.165) is 144 Å². The van der Waals surface area contributed by atoms with Crippen molar-refractivity contribution in [3.8, 4) is 115 Å². The summed E-state index contributed by atoms with van der Waals surface area (Å²) in [6.45, 7) is 11.6. The lowest BCUT2D eigenvalue weighted by atomic mass is 9.99. The van der Waals surface area contributed by atoms with Gasteiger partial charge in [-0.25, -0.2) is 0 Å². The molecule has 5 rings (SSSR count). The molecule has 0 atom stereocenters. The van der Waals surface area contributed by atoms with E-state index in [-0.39, 0.29) is 23.0 Å². The number of hydrogen-bond acceptors (Lipinski definition) is 27. The minimum absolute atomic E-state index is 0.263. The van der Waals surface area contributed by atoms with Crippen molar-refractivity contribution in [1.82, 2.24) is 0 Å². The van der Waals surface area contributed by atoms with E-state index < -0.39 is 163 Å². The molecule has 0 N–H and O–H groups in total. The minimum atomic E-state index is -1.25. The van der Waals surface area contributed by atoms with E-state index in [1.54, 1.807) is 0 Å². The van der Waals surface area contributed by atoms with Crippen LogP contribution in [0.25, 0.3) is 11.1 Å². The Hall–Kier alpha value is -10.9. The fraction of sp³-hybridized carbons (Fsp3) is 0.222. The molecule has 0 amide bonds. The van der Waals surface area contributed by atoms with Gasteiger partial charge in [0.25, 0.3) is 0 Å². The Morgan fingerprint density at radius 3 is 0.778 bits per heavy atom. The maximum Gasteiger partial charge on any atom is 0.308 e. The average Bonchev–Trinajstić information content (AvgIpc) is 3.44. The van der Waals surface area contributed by atoms with Crippen LogP contribution < -0.4 is 71.1 Å². The Bertz CT molecular complexity index is 3350. The van der Waals surface area contributed by atoms with Crippen molar-refractivity contribution in [3.63, 3.8) is 0 Å². The summed E-state index contributed by atoms with van der Waals surface area (Å²) in [5.41, 5.74) is -1.39. The molecule has 0 fully saturated rings. The van der Waals surface area contributed by atoms with Gasteiger partial charge in [-0.3, -0.25) is 57.5 Å². The molecule has 0 saturated heterocycles. The zero-order valence-corrected chi connectivity index (χ0v) is 44.8. The van der Waals surface area contributed by atoms with Crippen LogP contribution in [0.2, 0.25) is 0 Å². The van der Waals surface area contributed by atoms with E-state index in [4.69, 9.17) is 71.1 Å². The van der Waals surface area contributed by atoms with Crippen molar-refractivity contribution in [3.05, 3.63) is 60.7 Å². The van der Waals surface area contributed by atoms with E-state index >= 15 is 0 Å². The van der Waals surface area contributed by atoms with E-state index in [1.165, 1.54) is 0 Å². The van der Waals surface area contributed by atoms with Crippen LogP contribution in [0.15, 0.2) is 60.7 Å². The molecule has 5 aromatic carbocycles. The number of carbonyl (C=O) groups excluding carboxylic acids is 12. The molecule has 27 nitrogen and oxygen atoms in total. The summed E-state index contributed by atoms with van der Waals surface area (Å²) < 4.78 is 84.6. The molecule has 0 radical (unpaired) electrons. The summed E-state index contributed by atoms with van der Waals surface area (Å²) in [5, 5.41) is 0. The number of ether oxygens (including phenoxy) is 15. The fourth-order valence-electron chi connectivity index (χ4n) is 6.90. The Morgan fingerprint density at radius 1 is 0.198 bits per heavy atom. The van der Waals surface area contributed by atoms with Crippen LogP contribution in [0.5, 0.6) is 103 Å². The fourth-order valence-corrected chi connectivity index (χ4v) is 6.90. The van der Waals surface area contributed by atoms with Gasteiger partial charge in [-0.15, -0.1) is 0 Å². The molecule has 424 valence electrons. The van der Waals surface area contributed by atoms with Gasteiger partial charge in [-0.05, 0) is 0 Å². The third-order valence-electron chi connectivity index (χ3n) is 9.02. The summed E-state index contributed by atoms with van der Waals surface area (Å²) in [7, 11) is 0. The molecule has 0 aliphatic rings. The number of hydrogen-bond donors (Lipinski definition) is 0. The highest BCUT2D eigenvalue weighted by atomic mass is 16.6. The molecule has 27 heteroatoms. The quantitative estimate of drug-likeness (QED) is 0.0561. The Balaban J connectivity index is 2.11. The summed E-state index contributed by atoms with van der Waals surface area (Å²) in [4.78, 5) is 152. The number of esters is 12. The summed E-state index contributed by atoms with van der Waals surface area (Å²) >= 11 is 0. The van der Waals surface area contributed by atoms with E-state index in [0.29, 0.717) is 0 Å². The maximum atomic E-state index is 13.6. The van der Waals surface area contributed by atoms with E-state index in [9.17, 15) is 57.5 Å². The lowest BCUT2D eigenvalue weighted by Gasteiger charge is -2.25. The molecule has 81 heavy (non-hydrogen) atoms. The molecule has 0 saturated carbocycles. The highest BCUT2D eigenvalue weighted by molar-refractivity contribution is 5.95. The highest BCUT2D eigenvalue weighted by Gasteiger charge is 2.35. The van der Waals surface area contributed by atoms with Gasteiger partial charge in [0.1, 0.15) is 51.7 Å². The molecule has 0 aromatic heterocycles. The summed E-state index contributed by atoms with van der Waals surface area (Å²) in [6.07, 6.45) is 0. The van der Waals surface area contributed by atoms with Crippen LogP contribution in [0, 0.1) is 0 Å². The molecule has 0 spiro atoms. The molecule has 0 heterocycles. The van der Waals surface area contributed by atoms with Gasteiger partial charge in [0.05, 0.1) is 11.1 Å². The van der Waals surface area contributed by atoms with Crippen molar-refractivity contribution in [2.75, 3.05) is 0 Å². The van der Waals surface area contributed by atoms with Crippen LogP contribution in [-0.2, 0) is 57.5 Å². The third-order valence-corrected chi connectivity index (χ3v) is 9.02. The Kier molecular flexibility index (Phi) is 19.9. The van der Waals surface area contributed by atoms with Gasteiger partial charge < -0.3 is 71.1 Å². The lowest BCUT2D eigenvalue weighted by Crippen LogP contribution is -2.12. The van der Waals surface area contributed by atoms with Crippen LogP contribution in [0.3, 0.4) is 0 Å². The molecule has 5 aromatic rings. The van der Waals surface area contributed by atoms with Gasteiger partial charge in [-0.2, -0.15) is 0 Å². The minimum Gasteiger partial charge on any atom is -0.449 e. The second-order valence-electron chi connectivity index (χ2n) is 16.3. The van der Waals surface area contributed by atoms with Gasteiger partial charge >= 0.3 is 71.6 Å². The highest BCUT2D eigenvalue weighted by Crippen LogP contribution is 2.60. The summed E-state index contributed by atoms with van der Waals surface area (Å²) in [5.74, 6) is -23.3. The molecular weight excluding hydrogens is 1080 g/mol. The number of rotatable bonds is 19. The monoisotopic (exact) mass is 1130 g/mol. The van der Waals surface area contributed by atoms with Crippen molar-refractivity contribution < 1.29 is 129 Å². The summed E-state index contributed by atoms with van der Waals surface area (Å²) in [6, 6.07) is 9.84. The van der Waals surface area contributed by atoms with Crippen LogP contribution in [0.4, 0.5) is 0 Å². The largest absolute Gasteiger partial charge is 0.449 e. The first-order valence-corrected chi connectivity index (χ1v) is 23.1. The molecule has 0 aliphatic carbocycles. The van der Waals surface area contributed by atoms with Gasteiger partial charge in [-0.1, -0.05) is 0 Å². The van der Waals surface area contributed by atoms with E-state index in [1.807, 2.05) is 0 Å². The standard InChI is InChI=1S/C54H46O27/c1-23(55)67-35-13-36(68-24(2)56)15-37(14-35)79-51-44(74-30(8)62)18-40(71-27(5)59)21-47(51)81-53-48(77-33(11)65)22-43(80-52-45(75-31(9)63)19-39(70-26(4)58)20-46(52)76-32(10)64)50(54(53)78-34(12)66)49-41(72-28(6)60)16-38(69-25(3)57)17-42(49)73-29(7)61/h13-22H,1-12H3. The number of carbonyl (C=O) groups is 12. The topological polar surface area (TPSA) is 343 Å². The normalized spacial score (nSPS) is 10.3. The third kappa shape index (κ3) is 17.6. The first-order valence-electron chi connectivity index (χ1n) is 23.1. The first-order chi connectivity index (χ1) is 37.9. The van der Waals surface area contributed by atoms with Crippen LogP contribution in [-0.4, -0.2) is 71.6 Å². The van der Waals surface area contributed by atoms with Gasteiger partial charge in [0.2, 0.25) is 17.2 Å². The van der Waals surface area contributed by atoms with Crippen LogP contribution in [0.1, 0.15) is 83.1 Å². The molecule has 0 unspecified atom stereocenters. The number of benzene rings is 5. The molecule has 0 aliphatic heterocycles. The van der Waals surface area contributed by atoms with E-state index in [2.05, 4.69) is 0 Å². The zero-order valence-electron chi connectivity index (χ0n) is 44.8. The van der Waals surface area contributed by atoms with Crippen molar-refractivity contribution in [1.29, 1.82) is 0 Å². The predicted octanol–water partition coefficient (Wildman–Crippen LogP) is 7.83. The van der Waals surface area contributed by atoms with Crippen LogP contribution >= 0.6 is 0 Å². The van der Waals surface area contributed by atoms with Crippen molar-refractivity contribution in [2.24, 2.45) is 0 Å². The maximum absolute atomic E-state index is 13.6. The second kappa shape index (κ2) is 26.5. The predicted molar refractivity (Wildman–Crippen MR) is 267 cm³/mol. The average molecular weight is 1130 g/mol. The Labute approximate surface area is 457 Å². The Morgan fingerprint density at radius 2 is 0.444 bits per heavy atom. The first kappa shape index (κ1) is 61.0. The smallest absolute Gasteiger partial charge is 0.308 e. The second-order valence-corrected chi connectivity index (χ2v) is 16.3. The molecule has 0 bridgehead atoms. The van der Waals surface area contributed by atoms with Gasteiger partial charge in [0, 0.05) is 144 Å². The SMILES string of the molecule is CC(=O)Oc1cc(OC(C)=O)cc(Oc2c(OC(C)=O)cc(OC(C)=O)cc2Oc2c(OC(C)=O)cc(Oc3c(OC(C)=O)cc(OC(C)=O)cc3OC(C)=O)c(-c3c(OC(C)=O)cc(OC(C)=O)cc3OC(C)=O)c2OC(C)=O)c1. The van der Waals surface area contributed by atoms with Crippen molar-refractivity contribution >= 4 is 71.6 Å².